The normalized spacial score (nSPS) is 18.0. The summed E-state index contributed by atoms with van der Waals surface area (Å²) in [5.74, 6) is -0.876. The van der Waals surface area contributed by atoms with Gasteiger partial charge in [-0.2, -0.15) is 9.36 Å². The highest BCUT2D eigenvalue weighted by atomic mass is 32.1. The predicted octanol–water partition coefficient (Wildman–Crippen LogP) is 2.67. The molecule has 0 atom stereocenters. The molecule has 7 heteroatoms. The summed E-state index contributed by atoms with van der Waals surface area (Å²) >= 11 is 1.26. The number of aromatic nitrogens is 2. The molecule has 1 aliphatic rings. The van der Waals surface area contributed by atoms with Gasteiger partial charge in [0, 0.05) is 48.3 Å². The van der Waals surface area contributed by atoms with E-state index in [0.717, 1.165) is 30.8 Å². The van der Waals surface area contributed by atoms with Crippen molar-refractivity contribution < 1.29 is 8.78 Å². The van der Waals surface area contributed by atoms with E-state index in [1.54, 1.807) is 0 Å². The summed E-state index contributed by atoms with van der Waals surface area (Å²) in [6, 6.07) is 3.34. The van der Waals surface area contributed by atoms with Crippen LogP contribution in [0.1, 0.15) is 13.8 Å². The number of piperazine rings is 1. The second kappa shape index (κ2) is 5.31. The highest BCUT2D eigenvalue weighted by Crippen LogP contribution is 2.27. The van der Waals surface area contributed by atoms with Crippen molar-refractivity contribution >= 4 is 16.7 Å². The molecule has 0 spiro atoms. The van der Waals surface area contributed by atoms with E-state index in [4.69, 9.17) is 0 Å². The van der Waals surface area contributed by atoms with Gasteiger partial charge in [0.15, 0.2) is 5.82 Å². The molecule has 3 rings (SSSR count). The van der Waals surface area contributed by atoms with Gasteiger partial charge in [0.25, 0.3) is 0 Å². The lowest BCUT2D eigenvalue weighted by molar-refractivity contribution is 0.353. The van der Waals surface area contributed by atoms with Crippen LogP contribution in [-0.4, -0.2) is 34.5 Å². The molecule has 0 amide bonds. The van der Waals surface area contributed by atoms with Crippen LogP contribution < -0.4 is 10.2 Å². The van der Waals surface area contributed by atoms with Crippen LogP contribution in [0.4, 0.5) is 13.9 Å². The second-order valence-corrected chi connectivity index (χ2v) is 6.52. The summed E-state index contributed by atoms with van der Waals surface area (Å²) in [4.78, 5) is 6.57. The molecule has 112 valence electrons. The Balaban J connectivity index is 1.86. The van der Waals surface area contributed by atoms with Crippen LogP contribution in [-0.2, 0) is 0 Å². The first kappa shape index (κ1) is 14.3. The maximum Gasteiger partial charge on any atom is 0.205 e. The fraction of sp³-hybridized carbons (Fsp3) is 0.429. The van der Waals surface area contributed by atoms with Crippen molar-refractivity contribution in [2.45, 2.75) is 19.4 Å². The smallest absolute Gasteiger partial charge is 0.205 e. The van der Waals surface area contributed by atoms with E-state index in [-0.39, 0.29) is 5.54 Å². The van der Waals surface area contributed by atoms with Crippen molar-refractivity contribution in [3.63, 3.8) is 0 Å². The lowest BCUT2D eigenvalue weighted by Gasteiger charge is -2.38. The quantitative estimate of drug-likeness (QED) is 0.926. The molecule has 1 N–H and O–H groups in total. The lowest BCUT2D eigenvalue weighted by atomic mass is 10.0. The van der Waals surface area contributed by atoms with Crippen molar-refractivity contribution in [3.05, 3.63) is 29.8 Å². The van der Waals surface area contributed by atoms with Crippen molar-refractivity contribution in [3.8, 4) is 11.4 Å². The Morgan fingerprint density at radius 3 is 2.62 bits per heavy atom. The van der Waals surface area contributed by atoms with Gasteiger partial charge >= 0.3 is 0 Å². The summed E-state index contributed by atoms with van der Waals surface area (Å²) in [5.41, 5.74) is 0.374. The number of hydrogen-bond acceptors (Lipinski definition) is 5. The van der Waals surface area contributed by atoms with Gasteiger partial charge < -0.3 is 10.2 Å². The van der Waals surface area contributed by atoms with Gasteiger partial charge in [-0.25, -0.2) is 8.78 Å². The highest BCUT2D eigenvalue weighted by molar-refractivity contribution is 7.09. The molecule has 4 nitrogen and oxygen atoms in total. The van der Waals surface area contributed by atoms with Gasteiger partial charge in [-0.1, -0.05) is 0 Å². The highest BCUT2D eigenvalue weighted by Gasteiger charge is 2.27. The van der Waals surface area contributed by atoms with E-state index >= 15 is 0 Å². The molecule has 0 unspecified atom stereocenters. The van der Waals surface area contributed by atoms with E-state index in [9.17, 15) is 8.78 Å². The summed E-state index contributed by atoms with van der Waals surface area (Å²) < 4.78 is 30.8. The van der Waals surface area contributed by atoms with Crippen molar-refractivity contribution in [2.75, 3.05) is 24.5 Å². The standard InChI is InChI=1S/C14H16F2N4S/c1-14(2)8-20(4-3-17-14)13-18-12(19-21-13)9-5-10(15)7-11(16)6-9/h5-7,17H,3-4,8H2,1-2H3. The zero-order valence-corrected chi connectivity index (χ0v) is 12.7. The molecule has 1 aliphatic heterocycles. The molecule has 0 aliphatic carbocycles. The third-order valence-corrected chi connectivity index (χ3v) is 4.16. The van der Waals surface area contributed by atoms with Crippen molar-refractivity contribution in [1.82, 2.24) is 14.7 Å². The molecule has 0 bridgehead atoms. The molecule has 1 aromatic carbocycles. The molecule has 0 saturated carbocycles. The van der Waals surface area contributed by atoms with E-state index < -0.39 is 11.6 Å². The van der Waals surface area contributed by atoms with Gasteiger partial charge in [0.2, 0.25) is 5.13 Å². The maximum atomic E-state index is 13.3. The van der Waals surface area contributed by atoms with Crippen LogP contribution in [0.15, 0.2) is 18.2 Å². The lowest BCUT2D eigenvalue weighted by Crippen LogP contribution is -2.57. The number of halogens is 2. The van der Waals surface area contributed by atoms with E-state index in [1.807, 2.05) is 0 Å². The van der Waals surface area contributed by atoms with E-state index in [0.29, 0.717) is 11.4 Å². The Morgan fingerprint density at radius 1 is 1.24 bits per heavy atom. The molecule has 1 saturated heterocycles. The first-order valence-electron chi connectivity index (χ1n) is 6.73. The van der Waals surface area contributed by atoms with Gasteiger partial charge in [0.05, 0.1) is 0 Å². The number of hydrogen-bond donors (Lipinski definition) is 1. The number of benzene rings is 1. The fourth-order valence-corrected chi connectivity index (χ4v) is 3.16. The first-order chi connectivity index (χ1) is 9.93. The number of rotatable bonds is 2. The third kappa shape index (κ3) is 3.19. The number of nitrogens with one attached hydrogen (secondary N) is 1. The molecular formula is C14H16F2N4S. The summed E-state index contributed by atoms with van der Waals surface area (Å²) in [6.07, 6.45) is 0. The average molecular weight is 310 g/mol. The number of anilines is 1. The van der Waals surface area contributed by atoms with Gasteiger partial charge in [0.1, 0.15) is 11.6 Å². The van der Waals surface area contributed by atoms with Crippen LogP contribution >= 0.6 is 11.5 Å². The van der Waals surface area contributed by atoms with Gasteiger partial charge in [-0.3, -0.25) is 0 Å². The third-order valence-electron chi connectivity index (χ3n) is 3.38. The molecule has 2 aromatic rings. The Labute approximate surface area is 126 Å². The van der Waals surface area contributed by atoms with E-state index in [1.165, 1.54) is 23.7 Å². The van der Waals surface area contributed by atoms with E-state index in [2.05, 4.69) is 33.4 Å². The SMILES string of the molecule is CC1(C)CN(c2nc(-c3cc(F)cc(F)c3)ns2)CCN1. The fourth-order valence-electron chi connectivity index (χ4n) is 2.45. The van der Waals surface area contributed by atoms with Crippen LogP contribution in [0.25, 0.3) is 11.4 Å². The van der Waals surface area contributed by atoms with Gasteiger partial charge in [-0.15, -0.1) is 0 Å². The zero-order chi connectivity index (χ0) is 15.0. The topological polar surface area (TPSA) is 41.1 Å². The molecule has 21 heavy (non-hydrogen) atoms. The average Bonchev–Trinajstić information content (AvgIpc) is 2.86. The largest absolute Gasteiger partial charge is 0.344 e. The van der Waals surface area contributed by atoms with Crippen molar-refractivity contribution in [1.29, 1.82) is 0 Å². The second-order valence-electron chi connectivity index (χ2n) is 5.79. The minimum Gasteiger partial charge on any atom is -0.344 e. The summed E-state index contributed by atoms with van der Waals surface area (Å²) in [5, 5.41) is 4.21. The monoisotopic (exact) mass is 310 g/mol. The first-order valence-corrected chi connectivity index (χ1v) is 7.50. The van der Waals surface area contributed by atoms with Crippen LogP contribution in [0.3, 0.4) is 0 Å². The molecule has 0 radical (unpaired) electrons. The Bertz CT molecular complexity index is 636. The summed E-state index contributed by atoms with van der Waals surface area (Å²) in [7, 11) is 0. The Hall–Kier alpha value is -1.60. The van der Waals surface area contributed by atoms with Crippen LogP contribution in [0.2, 0.25) is 0 Å². The van der Waals surface area contributed by atoms with Crippen LogP contribution in [0.5, 0.6) is 0 Å². The molecule has 1 fully saturated rings. The molecule has 1 aromatic heterocycles. The Kier molecular flexibility index (Phi) is 3.62. The maximum absolute atomic E-state index is 13.3. The Morgan fingerprint density at radius 2 is 1.95 bits per heavy atom. The van der Waals surface area contributed by atoms with Crippen LogP contribution in [0, 0.1) is 11.6 Å². The molecular weight excluding hydrogens is 294 g/mol. The molecule has 2 heterocycles. The summed E-state index contributed by atoms with van der Waals surface area (Å²) in [6.45, 7) is 6.79. The van der Waals surface area contributed by atoms with Crippen molar-refractivity contribution in [2.24, 2.45) is 0 Å². The minimum absolute atomic E-state index is 0.00897. The van der Waals surface area contributed by atoms with Gasteiger partial charge in [-0.05, 0) is 26.0 Å². The predicted molar refractivity (Wildman–Crippen MR) is 79.6 cm³/mol. The number of nitrogens with zero attached hydrogens (tertiary/aromatic N) is 3. The minimum atomic E-state index is -0.621. The zero-order valence-electron chi connectivity index (χ0n) is 11.9.